The average molecular weight is 326 g/mol. The quantitative estimate of drug-likeness (QED) is 0.693. The van der Waals surface area contributed by atoms with E-state index in [-0.39, 0.29) is 20.3 Å². The first-order valence-electron chi connectivity index (χ1n) is 3.50. The van der Waals surface area contributed by atoms with Crippen molar-refractivity contribution in [3.63, 3.8) is 0 Å². The smallest absolute Gasteiger partial charge is 0.167 e. The van der Waals surface area contributed by atoms with E-state index in [9.17, 15) is 20.1 Å². The number of halogens is 2. The first-order valence-corrected chi connectivity index (χ1v) is 5.09. The van der Waals surface area contributed by atoms with Gasteiger partial charge in [0.05, 0.1) is 0 Å². The Kier molecular flexibility index (Phi) is 3.06. The highest BCUT2D eigenvalue weighted by Crippen LogP contribution is 2.47. The number of phenolic OH excluding ortho intramolecular Hbond substituents is 3. The summed E-state index contributed by atoms with van der Waals surface area (Å²) in [4.78, 5) is 11.1. The number of phenols is 3. The van der Waals surface area contributed by atoms with Crippen LogP contribution >= 0.6 is 31.9 Å². The molecule has 14 heavy (non-hydrogen) atoms. The van der Waals surface area contributed by atoms with Crippen LogP contribution in [-0.4, -0.2) is 21.1 Å². The van der Waals surface area contributed by atoms with Crippen LogP contribution in [0.25, 0.3) is 0 Å². The molecule has 0 atom stereocenters. The Balaban J connectivity index is 3.68. The zero-order valence-electron chi connectivity index (χ0n) is 7.01. The summed E-state index contributed by atoms with van der Waals surface area (Å²) in [7, 11) is 0. The molecule has 4 nitrogen and oxygen atoms in total. The van der Waals surface area contributed by atoms with Gasteiger partial charge in [0.25, 0.3) is 0 Å². The standard InChI is InChI=1S/C8H6Br2O4/c1-2(11)3-6(12)4(9)8(14)5(10)7(3)13/h12-14H,1H3. The summed E-state index contributed by atoms with van der Waals surface area (Å²) in [5, 5.41) is 28.2. The van der Waals surface area contributed by atoms with Crippen LogP contribution in [0.2, 0.25) is 0 Å². The maximum atomic E-state index is 11.1. The average Bonchev–Trinajstić information content (AvgIpc) is 2.11. The first kappa shape index (κ1) is 11.3. The van der Waals surface area contributed by atoms with Crippen molar-refractivity contribution in [2.24, 2.45) is 0 Å². The Morgan fingerprint density at radius 3 is 1.64 bits per heavy atom. The van der Waals surface area contributed by atoms with Crippen LogP contribution in [0.1, 0.15) is 17.3 Å². The van der Waals surface area contributed by atoms with Crippen LogP contribution in [0, 0.1) is 0 Å². The Morgan fingerprint density at radius 1 is 1.00 bits per heavy atom. The van der Waals surface area contributed by atoms with Gasteiger partial charge >= 0.3 is 0 Å². The van der Waals surface area contributed by atoms with Crippen molar-refractivity contribution < 1.29 is 20.1 Å². The van der Waals surface area contributed by atoms with E-state index in [2.05, 4.69) is 31.9 Å². The summed E-state index contributed by atoms with van der Waals surface area (Å²) in [6.07, 6.45) is 0. The molecule has 1 rings (SSSR count). The number of aromatic hydroxyl groups is 3. The van der Waals surface area contributed by atoms with Crippen molar-refractivity contribution in [1.29, 1.82) is 0 Å². The first-order chi connectivity index (χ1) is 6.37. The molecule has 0 amide bonds. The molecule has 0 aliphatic heterocycles. The summed E-state index contributed by atoms with van der Waals surface area (Å²) in [6.45, 7) is 1.20. The van der Waals surface area contributed by atoms with E-state index < -0.39 is 17.3 Å². The minimum atomic E-state index is -0.499. The number of hydrogen-bond donors (Lipinski definition) is 3. The number of Topliss-reactive ketones (excluding diaryl/α,β-unsaturated/α-hetero) is 1. The van der Waals surface area contributed by atoms with E-state index in [0.717, 1.165) is 0 Å². The Bertz CT molecular complexity index is 385. The molecule has 0 radical (unpaired) electrons. The predicted molar refractivity (Wildman–Crippen MR) is 56.8 cm³/mol. The second-order valence-corrected chi connectivity index (χ2v) is 4.19. The van der Waals surface area contributed by atoms with Crippen LogP contribution in [0.4, 0.5) is 0 Å². The number of hydrogen-bond acceptors (Lipinski definition) is 4. The second-order valence-electron chi connectivity index (χ2n) is 2.60. The maximum absolute atomic E-state index is 11.1. The molecule has 0 bridgehead atoms. The van der Waals surface area contributed by atoms with E-state index in [0.29, 0.717) is 0 Å². The van der Waals surface area contributed by atoms with Crippen LogP contribution < -0.4 is 0 Å². The largest absolute Gasteiger partial charge is 0.506 e. The lowest BCUT2D eigenvalue weighted by atomic mass is 10.1. The molecule has 76 valence electrons. The number of rotatable bonds is 1. The third kappa shape index (κ3) is 1.59. The fourth-order valence-electron chi connectivity index (χ4n) is 0.986. The molecular formula is C8H6Br2O4. The van der Waals surface area contributed by atoms with E-state index in [4.69, 9.17) is 0 Å². The molecule has 6 heteroatoms. The van der Waals surface area contributed by atoms with E-state index in [1.165, 1.54) is 6.92 Å². The monoisotopic (exact) mass is 324 g/mol. The third-order valence-corrected chi connectivity index (χ3v) is 3.16. The number of benzene rings is 1. The zero-order chi connectivity index (χ0) is 11.0. The summed E-state index contributed by atoms with van der Waals surface area (Å²) >= 11 is 5.78. The van der Waals surface area contributed by atoms with E-state index in [1.807, 2.05) is 0 Å². The lowest BCUT2D eigenvalue weighted by molar-refractivity contribution is 0.101. The molecule has 1 aromatic rings. The van der Waals surface area contributed by atoms with Crippen molar-refractivity contribution >= 4 is 37.6 Å². The van der Waals surface area contributed by atoms with Crippen molar-refractivity contribution in [2.45, 2.75) is 6.92 Å². The van der Waals surface area contributed by atoms with Gasteiger partial charge in [-0.2, -0.15) is 0 Å². The highest BCUT2D eigenvalue weighted by Gasteiger charge is 2.23. The molecule has 1 aromatic carbocycles. The Labute approximate surface area is 96.4 Å². The molecule has 0 saturated heterocycles. The maximum Gasteiger partial charge on any atom is 0.167 e. The van der Waals surface area contributed by atoms with Gasteiger partial charge in [0.2, 0.25) is 0 Å². The summed E-state index contributed by atoms with van der Waals surface area (Å²) in [5.74, 6) is -1.81. The number of ketones is 1. The molecule has 0 unspecified atom stereocenters. The Hall–Kier alpha value is -0.750. The Morgan fingerprint density at radius 2 is 1.36 bits per heavy atom. The lowest BCUT2D eigenvalue weighted by Gasteiger charge is -2.10. The van der Waals surface area contributed by atoms with Crippen LogP contribution in [0.3, 0.4) is 0 Å². The molecule has 0 spiro atoms. The summed E-state index contributed by atoms with van der Waals surface area (Å²) in [6, 6.07) is 0. The lowest BCUT2D eigenvalue weighted by Crippen LogP contribution is -1.95. The zero-order valence-corrected chi connectivity index (χ0v) is 10.2. The van der Waals surface area contributed by atoms with Gasteiger partial charge in [-0.05, 0) is 38.8 Å². The normalized spacial score (nSPS) is 10.2. The van der Waals surface area contributed by atoms with Gasteiger partial charge < -0.3 is 15.3 Å². The molecule has 3 N–H and O–H groups in total. The molecule has 0 aromatic heterocycles. The predicted octanol–water partition coefficient (Wildman–Crippen LogP) is 2.53. The fraction of sp³-hybridized carbons (Fsp3) is 0.125. The summed E-state index contributed by atoms with van der Waals surface area (Å²) in [5.41, 5.74) is -0.235. The van der Waals surface area contributed by atoms with Crippen LogP contribution in [0.15, 0.2) is 8.95 Å². The van der Waals surface area contributed by atoms with Gasteiger partial charge in [-0.25, -0.2) is 0 Å². The van der Waals surface area contributed by atoms with Crippen LogP contribution in [-0.2, 0) is 0 Å². The molecule has 0 heterocycles. The SMILES string of the molecule is CC(=O)c1c(O)c(Br)c(O)c(Br)c1O. The van der Waals surface area contributed by atoms with Gasteiger partial charge in [-0.15, -0.1) is 0 Å². The molecule has 0 aliphatic rings. The van der Waals surface area contributed by atoms with Gasteiger partial charge in [0, 0.05) is 0 Å². The summed E-state index contributed by atoms with van der Waals surface area (Å²) < 4.78 is -0.0697. The highest BCUT2D eigenvalue weighted by molar-refractivity contribution is 9.11. The van der Waals surface area contributed by atoms with Crippen molar-refractivity contribution in [3.05, 3.63) is 14.5 Å². The van der Waals surface area contributed by atoms with Crippen molar-refractivity contribution in [3.8, 4) is 17.2 Å². The molecule has 0 fully saturated rings. The second kappa shape index (κ2) is 3.78. The van der Waals surface area contributed by atoms with Gasteiger partial charge in [0.1, 0.15) is 26.0 Å². The van der Waals surface area contributed by atoms with Crippen LogP contribution in [0.5, 0.6) is 17.2 Å². The van der Waals surface area contributed by atoms with E-state index >= 15 is 0 Å². The molecular weight excluding hydrogens is 320 g/mol. The third-order valence-electron chi connectivity index (χ3n) is 1.66. The minimum absolute atomic E-state index is 0.0348. The highest BCUT2D eigenvalue weighted by atomic mass is 79.9. The number of carbonyl (C=O) groups excluding carboxylic acids is 1. The molecule has 0 saturated carbocycles. The fourth-order valence-corrected chi connectivity index (χ4v) is 2.04. The molecule has 0 aliphatic carbocycles. The minimum Gasteiger partial charge on any atom is -0.506 e. The van der Waals surface area contributed by atoms with E-state index in [1.54, 1.807) is 0 Å². The number of carbonyl (C=O) groups is 1. The van der Waals surface area contributed by atoms with Crippen molar-refractivity contribution in [1.82, 2.24) is 0 Å². The van der Waals surface area contributed by atoms with Gasteiger partial charge in [-0.3, -0.25) is 4.79 Å². The van der Waals surface area contributed by atoms with Gasteiger partial charge in [0.15, 0.2) is 11.5 Å². The topological polar surface area (TPSA) is 77.8 Å². The van der Waals surface area contributed by atoms with Crippen molar-refractivity contribution in [2.75, 3.05) is 0 Å². The van der Waals surface area contributed by atoms with Gasteiger partial charge in [-0.1, -0.05) is 0 Å².